The van der Waals surface area contributed by atoms with Gasteiger partial charge in [0, 0.05) is 11.1 Å². The lowest BCUT2D eigenvalue weighted by molar-refractivity contribution is -0.393. The zero-order valence-electron chi connectivity index (χ0n) is 17.4. The second-order valence-electron chi connectivity index (χ2n) is 6.64. The quantitative estimate of drug-likeness (QED) is 0.232. The predicted molar refractivity (Wildman–Crippen MR) is 124 cm³/mol. The van der Waals surface area contributed by atoms with Gasteiger partial charge in [0.2, 0.25) is 0 Å². The predicted octanol–water partition coefficient (Wildman–Crippen LogP) is 5.58. The van der Waals surface area contributed by atoms with E-state index < -0.39 is 15.5 Å². The highest BCUT2D eigenvalue weighted by molar-refractivity contribution is 6.30. The van der Waals surface area contributed by atoms with Gasteiger partial charge in [-0.25, -0.2) is 0 Å². The topological polar surface area (TPSA) is 129 Å². The fourth-order valence-corrected chi connectivity index (χ4v) is 2.92. The highest BCUT2D eigenvalue weighted by atomic mass is 35.5. The lowest BCUT2D eigenvalue weighted by Crippen LogP contribution is -2.01. The van der Waals surface area contributed by atoms with Gasteiger partial charge >= 0.3 is 5.69 Å². The molecule has 0 aliphatic carbocycles. The van der Waals surface area contributed by atoms with Crippen molar-refractivity contribution in [1.82, 2.24) is 0 Å². The van der Waals surface area contributed by atoms with Crippen LogP contribution in [0.1, 0.15) is 18.1 Å². The largest absolute Gasteiger partial charge is 0.490 e. The number of hydrogen-bond acceptors (Lipinski definition) is 8. The summed E-state index contributed by atoms with van der Waals surface area (Å²) in [7, 11) is 0. The summed E-state index contributed by atoms with van der Waals surface area (Å²) >= 11 is 5.90. The fraction of sp³-hybridized carbons (Fsp3) is 0.136. The van der Waals surface area contributed by atoms with Crippen LogP contribution in [0.2, 0.25) is 5.02 Å². The number of benzene rings is 3. The maximum Gasteiger partial charge on any atom is 0.301 e. The molecular weight excluding hydrogens is 452 g/mol. The standard InChI is InChI=1S/C22H19ClN4O6/c1-2-32-22-11-16(5-10-21(22)33-14-15-3-6-17(23)7-4-15)13-24-25-19-9-8-18(26(28)29)12-20(19)27(30)31/h3-13,25H,2,14H2,1H3/b24-13-. The summed E-state index contributed by atoms with van der Waals surface area (Å²) in [6.45, 7) is 2.60. The molecule has 0 aliphatic rings. The Morgan fingerprint density at radius 2 is 1.73 bits per heavy atom. The number of hydrogen-bond donors (Lipinski definition) is 1. The molecule has 10 nitrogen and oxygen atoms in total. The third-order valence-electron chi connectivity index (χ3n) is 4.36. The monoisotopic (exact) mass is 470 g/mol. The normalized spacial score (nSPS) is 10.7. The number of non-ortho nitro benzene ring substituents is 1. The van der Waals surface area contributed by atoms with E-state index in [1.807, 2.05) is 19.1 Å². The number of nitrogens with one attached hydrogen (secondary N) is 1. The van der Waals surface area contributed by atoms with Crippen LogP contribution in [0.25, 0.3) is 0 Å². The van der Waals surface area contributed by atoms with Crippen LogP contribution in [0.5, 0.6) is 11.5 Å². The van der Waals surface area contributed by atoms with E-state index in [1.165, 1.54) is 12.3 Å². The zero-order chi connectivity index (χ0) is 23.8. The SMILES string of the molecule is CCOc1cc(/C=N\Nc2ccc([N+](=O)[O-])cc2[N+](=O)[O-])ccc1OCc1ccc(Cl)cc1. The number of rotatable bonds is 10. The highest BCUT2D eigenvalue weighted by Gasteiger charge is 2.19. The van der Waals surface area contributed by atoms with Crippen LogP contribution in [0.4, 0.5) is 17.1 Å². The minimum atomic E-state index is -0.717. The molecule has 3 aromatic rings. The lowest BCUT2D eigenvalue weighted by atomic mass is 10.2. The van der Waals surface area contributed by atoms with Crippen molar-refractivity contribution >= 4 is 34.9 Å². The molecule has 0 unspecified atom stereocenters. The molecule has 0 fully saturated rings. The summed E-state index contributed by atoms with van der Waals surface area (Å²) in [6, 6.07) is 15.8. The maximum atomic E-state index is 11.2. The van der Waals surface area contributed by atoms with Gasteiger partial charge in [-0.05, 0) is 54.4 Å². The Morgan fingerprint density at radius 1 is 0.970 bits per heavy atom. The van der Waals surface area contributed by atoms with Gasteiger partial charge in [-0.1, -0.05) is 23.7 Å². The Labute approximate surface area is 193 Å². The van der Waals surface area contributed by atoms with Gasteiger partial charge in [0.15, 0.2) is 11.5 Å². The molecule has 0 aromatic heterocycles. The Balaban J connectivity index is 1.73. The smallest absolute Gasteiger partial charge is 0.301 e. The van der Waals surface area contributed by atoms with Gasteiger partial charge in [-0.3, -0.25) is 25.7 Å². The Morgan fingerprint density at radius 3 is 2.39 bits per heavy atom. The second kappa shape index (κ2) is 10.9. The van der Waals surface area contributed by atoms with Crippen LogP contribution in [0.3, 0.4) is 0 Å². The molecule has 0 spiro atoms. The van der Waals surface area contributed by atoms with Crippen LogP contribution in [-0.2, 0) is 6.61 Å². The summed E-state index contributed by atoms with van der Waals surface area (Å²) < 4.78 is 11.5. The van der Waals surface area contributed by atoms with Crippen LogP contribution in [0, 0.1) is 20.2 Å². The van der Waals surface area contributed by atoms with Crippen molar-refractivity contribution in [1.29, 1.82) is 0 Å². The molecule has 170 valence electrons. The van der Waals surface area contributed by atoms with Crippen molar-refractivity contribution in [2.75, 3.05) is 12.0 Å². The molecule has 0 aliphatic heterocycles. The van der Waals surface area contributed by atoms with Crippen LogP contribution in [0.15, 0.2) is 65.8 Å². The number of nitro groups is 2. The van der Waals surface area contributed by atoms with Crippen molar-refractivity contribution in [2.45, 2.75) is 13.5 Å². The van der Waals surface area contributed by atoms with E-state index in [4.69, 9.17) is 21.1 Å². The molecule has 0 saturated heterocycles. The zero-order valence-corrected chi connectivity index (χ0v) is 18.2. The highest BCUT2D eigenvalue weighted by Crippen LogP contribution is 2.30. The second-order valence-corrected chi connectivity index (χ2v) is 7.08. The summed E-state index contributed by atoms with van der Waals surface area (Å²) in [5, 5.41) is 26.7. The van der Waals surface area contributed by atoms with E-state index in [-0.39, 0.29) is 11.4 Å². The molecule has 0 bridgehead atoms. The Bertz CT molecular complexity index is 1180. The molecular formula is C22H19ClN4O6. The van der Waals surface area contributed by atoms with Crippen molar-refractivity contribution in [3.05, 3.63) is 97.0 Å². The molecule has 0 atom stereocenters. The third-order valence-corrected chi connectivity index (χ3v) is 4.61. The summed E-state index contributed by atoms with van der Waals surface area (Å²) in [4.78, 5) is 20.6. The first-order valence-electron chi connectivity index (χ1n) is 9.73. The summed E-state index contributed by atoms with van der Waals surface area (Å²) in [5.41, 5.74) is 3.33. The molecule has 33 heavy (non-hydrogen) atoms. The van der Waals surface area contributed by atoms with E-state index in [0.717, 1.165) is 17.7 Å². The molecule has 0 saturated carbocycles. The fourth-order valence-electron chi connectivity index (χ4n) is 2.79. The molecule has 3 aromatic carbocycles. The van der Waals surface area contributed by atoms with Crippen molar-refractivity contribution in [3.8, 4) is 11.5 Å². The lowest BCUT2D eigenvalue weighted by Gasteiger charge is -2.12. The molecule has 0 amide bonds. The van der Waals surface area contributed by atoms with Crippen molar-refractivity contribution in [3.63, 3.8) is 0 Å². The van der Waals surface area contributed by atoms with E-state index in [2.05, 4.69) is 10.5 Å². The Kier molecular flexibility index (Phi) is 7.77. The van der Waals surface area contributed by atoms with Gasteiger partial charge in [0.25, 0.3) is 5.69 Å². The maximum absolute atomic E-state index is 11.2. The molecule has 3 rings (SSSR count). The Hall–Kier alpha value is -4.18. The van der Waals surface area contributed by atoms with E-state index in [9.17, 15) is 20.2 Å². The number of ether oxygens (including phenoxy) is 2. The molecule has 0 radical (unpaired) electrons. The average molecular weight is 471 g/mol. The first-order chi connectivity index (χ1) is 15.9. The van der Waals surface area contributed by atoms with E-state index >= 15 is 0 Å². The third kappa shape index (κ3) is 6.40. The summed E-state index contributed by atoms with van der Waals surface area (Å²) in [6.07, 6.45) is 1.44. The van der Waals surface area contributed by atoms with Gasteiger partial charge in [0.1, 0.15) is 12.3 Å². The van der Waals surface area contributed by atoms with Gasteiger partial charge in [-0.15, -0.1) is 0 Å². The minimum Gasteiger partial charge on any atom is -0.490 e. The molecule has 0 heterocycles. The first-order valence-corrected chi connectivity index (χ1v) is 10.1. The van der Waals surface area contributed by atoms with Crippen LogP contribution in [-0.4, -0.2) is 22.7 Å². The number of nitrogens with zero attached hydrogens (tertiary/aromatic N) is 3. The van der Waals surface area contributed by atoms with Crippen molar-refractivity contribution in [2.24, 2.45) is 5.10 Å². The molecule has 1 N–H and O–H groups in total. The van der Waals surface area contributed by atoms with E-state index in [1.54, 1.807) is 30.3 Å². The average Bonchev–Trinajstić information content (AvgIpc) is 2.79. The van der Waals surface area contributed by atoms with Gasteiger partial charge in [-0.2, -0.15) is 5.10 Å². The first kappa shape index (κ1) is 23.5. The molecule has 11 heteroatoms. The van der Waals surface area contributed by atoms with Crippen molar-refractivity contribution < 1.29 is 19.3 Å². The number of halogens is 1. The number of nitro benzene ring substituents is 2. The van der Waals surface area contributed by atoms with Crippen LogP contribution >= 0.6 is 11.6 Å². The number of anilines is 1. The van der Waals surface area contributed by atoms with Gasteiger partial charge in [0.05, 0.1) is 28.7 Å². The number of hydrazone groups is 1. The van der Waals surface area contributed by atoms with Gasteiger partial charge < -0.3 is 9.47 Å². The minimum absolute atomic E-state index is 0.0230. The van der Waals surface area contributed by atoms with Crippen LogP contribution < -0.4 is 14.9 Å². The summed E-state index contributed by atoms with van der Waals surface area (Å²) in [5.74, 6) is 1.06. The van der Waals surface area contributed by atoms with E-state index in [0.29, 0.717) is 35.3 Å².